The monoisotopic (exact) mass is 300 g/mol. The van der Waals surface area contributed by atoms with Crippen molar-refractivity contribution in [2.75, 3.05) is 0 Å². The molecule has 2 aromatic rings. The van der Waals surface area contributed by atoms with Crippen molar-refractivity contribution in [1.29, 1.82) is 0 Å². The van der Waals surface area contributed by atoms with Crippen molar-refractivity contribution in [3.63, 3.8) is 0 Å². The molecule has 1 aliphatic carbocycles. The zero-order valence-electron chi connectivity index (χ0n) is 13.4. The first-order valence-corrected chi connectivity index (χ1v) is 8.46. The Morgan fingerprint density at radius 3 is 2.76 bits per heavy atom. The van der Waals surface area contributed by atoms with Crippen molar-refractivity contribution in [2.24, 2.45) is 11.1 Å². The number of aryl methyl sites for hydroxylation is 2. The van der Waals surface area contributed by atoms with E-state index in [0.717, 1.165) is 19.3 Å². The summed E-state index contributed by atoms with van der Waals surface area (Å²) < 4.78 is 0. The molecule has 1 aliphatic rings. The normalized spacial score (nSPS) is 20.3. The van der Waals surface area contributed by atoms with Gasteiger partial charge in [0.25, 0.3) is 0 Å². The van der Waals surface area contributed by atoms with Crippen LogP contribution in [0.5, 0.6) is 0 Å². The van der Waals surface area contributed by atoms with E-state index in [2.05, 4.69) is 45.9 Å². The summed E-state index contributed by atoms with van der Waals surface area (Å²) in [6.07, 6.45) is 3.04. The Labute approximate surface area is 131 Å². The topological polar surface area (TPSA) is 38.9 Å². The molecule has 1 aromatic carbocycles. The maximum Gasteiger partial charge on any atom is 0.0975 e. The minimum atomic E-state index is 0.162. The SMILES string of the molecule is Cc1ccc(Cc2nc3c(s2)C(N)CC(C)(C)C3)cc1C. The Hall–Kier alpha value is -1.19. The van der Waals surface area contributed by atoms with Crippen LogP contribution in [0.2, 0.25) is 0 Å². The van der Waals surface area contributed by atoms with E-state index in [1.165, 1.54) is 32.3 Å². The first-order chi connectivity index (χ1) is 9.84. The van der Waals surface area contributed by atoms with Crippen molar-refractivity contribution in [1.82, 2.24) is 4.98 Å². The Balaban J connectivity index is 1.86. The molecule has 3 rings (SSSR count). The largest absolute Gasteiger partial charge is 0.323 e. The Morgan fingerprint density at radius 2 is 2.05 bits per heavy atom. The van der Waals surface area contributed by atoms with E-state index in [9.17, 15) is 0 Å². The molecule has 1 aromatic heterocycles. The van der Waals surface area contributed by atoms with Gasteiger partial charge in [0.1, 0.15) is 0 Å². The number of thiazole rings is 1. The minimum absolute atomic E-state index is 0.162. The summed E-state index contributed by atoms with van der Waals surface area (Å²) in [4.78, 5) is 6.20. The van der Waals surface area contributed by atoms with Crippen LogP contribution in [0, 0.1) is 19.3 Å². The smallest absolute Gasteiger partial charge is 0.0975 e. The van der Waals surface area contributed by atoms with Gasteiger partial charge in [-0.1, -0.05) is 32.0 Å². The van der Waals surface area contributed by atoms with Crippen LogP contribution in [0.4, 0.5) is 0 Å². The molecule has 0 aliphatic heterocycles. The first-order valence-electron chi connectivity index (χ1n) is 7.64. The number of hydrogen-bond donors (Lipinski definition) is 1. The molecule has 1 atom stereocenters. The fourth-order valence-corrected chi connectivity index (χ4v) is 4.33. The van der Waals surface area contributed by atoms with Gasteiger partial charge in [0.2, 0.25) is 0 Å². The van der Waals surface area contributed by atoms with Gasteiger partial charge in [-0.3, -0.25) is 0 Å². The van der Waals surface area contributed by atoms with E-state index in [1.807, 2.05) is 11.3 Å². The van der Waals surface area contributed by atoms with E-state index in [0.29, 0.717) is 0 Å². The highest BCUT2D eigenvalue weighted by Crippen LogP contribution is 2.42. The molecule has 0 bridgehead atoms. The Bertz CT molecular complexity index is 670. The number of nitrogens with two attached hydrogens (primary N) is 1. The molecule has 0 fully saturated rings. The van der Waals surface area contributed by atoms with Crippen molar-refractivity contribution < 1.29 is 0 Å². The zero-order valence-corrected chi connectivity index (χ0v) is 14.2. The van der Waals surface area contributed by atoms with Crippen LogP contribution in [0.15, 0.2) is 18.2 Å². The lowest BCUT2D eigenvalue weighted by Gasteiger charge is -2.32. The Kier molecular flexibility index (Phi) is 3.66. The molecule has 3 heteroatoms. The van der Waals surface area contributed by atoms with Gasteiger partial charge in [0, 0.05) is 17.3 Å². The van der Waals surface area contributed by atoms with Crippen LogP contribution >= 0.6 is 11.3 Å². The van der Waals surface area contributed by atoms with E-state index in [1.54, 1.807) is 0 Å². The van der Waals surface area contributed by atoms with E-state index in [-0.39, 0.29) is 11.5 Å². The third kappa shape index (κ3) is 3.04. The van der Waals surface area contributed by atoms with Gasteiger partial charge in [-0.25, -0.2) is 4.98 Å². The summed E-state index contributed by atoms with van der Waals surface area (Å²) in [7, 11) is 0. The van der Waals surface area contributed by atoms with Gasteiger partial charge in [0.15, 0.2) is 0 Å². The number of rotatable bonds is 2. The summed E-state index contributed by atoms with van der Waals surface area (Å²) >= 11 is 1.81. The van der Waals surface area contributed by atoms with Crippen LogP contribution in [-0.2, 0) is 12.8 Å². The molecule has 0 saturated heterocycles. The quantitative estimate of drug-likeness (QED) is 0.897. The average Bonchev–Trinajstić information content (AvgIpc) is 2.75. The molecule has 1 unspecified atom stereocenters. The van der Waals surface area contributed by atoms with Crippen molar-refractivity contribution >= 4 is 11.3 Å². The summed E-state index contributed by atoms with van der Waals surface area (Å²) in [5.41, 5.74) is 11.9. The lowest BCUT2D eigenvalue weighted by Crippen LogP contribution is -2.28. The van der Waals surface area contributed by atoms with E-state index in [4.69, 9.17) is 10.7 Å². The van der Waals surface area contributed by atoms with Crippen LogP contribution < -0.4 is 5.73 Å². The van der Waals surface area contributed by atoms with Crippen molar-refractivity contribution in [2.45, 2.75) is 53.0 Å². The third-order valence-electron chi connectivity index (χ3n) is 4.45. The molecule has 0 radical (unpaired) electrons. The van der Waals surface area contributed by atoms with Gasteiger partial charge in [-0.2, -0.15) is 0 Å². The molecule has 1 heterocycles. The summed E-state index contributed by atoms with van der Waals surface area (Å²) in [5.74, 6) is 0. The van der Waals surface area contributed by atoms with Crippen molar-refractivity contribution in [3.05, 3.63) is 50.5 Å². The number of hydrogen-bond acceptors (Lipinski definition) is 3. The standard InChI is InChI=1S/C18H24N2S/c1-11-5-6-13(7-12(11)2)8-16-20-15-10-18(3,4)9-14(19)17(15)21-16/h5-7,14H,8-10,19H2,1-4H3. The van der Waals surface area contributed by atoms with Gasteiger partial charge < -0.3 is 5.73 Å². The molecule has 0 saturated carbocycles. The number of nitrogens with zero attached hydrogens (tertiary/aromatic N) is 1. The van der Waals surface area contributed by atoms with E-state index < -0.39 is 0 Å². The molecule has 0 spiro atoms. The molecule has 112 valence electrons. The molecule has 21 heavy (non-hydrogen) atoms. The number of aromatic nitrogens is 1. The van der Waals surface area contributed by atoms with Crippen LogP contribution in [0.3, 0.4) is 0 Å². The maximum atomic E-state index is 6.34. The number of fused-ring (bicyclic) bond motifs is 1. The first kappa shape index (κ1) is 14.7. The lowest BCUT2D eigenvalue weighted by atomic mass is 9.77. The van der Waals surface area contributed by atoms with Crippen LogP contribution in [0.1, 0.15) is 58.6 Å². The van der Waals surface area contributed by atoms with Crippen molar-refractivity contribution in [3.8, 4) is 0 Å². The van der Waals surface area contributed by atoms with Crippen LogP contribution in [0.25, 0.3) is 0 Å². The summed E-state index contributed by atoms with van der Waals surface area (Å²) in [5, 5.41) is 1.21. The fraction of sp³-hybridized carbons (Fsp3) is 0.500. The van der Waals surface area contributed by atoms with Gasteiger partial charge in [0.05, 0.1) is 10.7 Å². The fourth-order valence-electron chi connectivity index (χ4n) is 3.21. The van der Waals surface area contributed by atoms with Crippen LogP contribution in [-0.4, -0.2) is 4.98 Å². The molecule has 0 amide bonds. The second-order valence-corrected chi connectivity index (χ2v) is 8.28. The highest BCUT2D eigenvalue weighted by atomic mass is 32.1. The van der Waals surface area contributed by atoms with Gasteiger partial charge >= 0.3 is 0 Å². The predicted octanol–water partition coefficient (Wildman–Crippen LogP) is 4.32. The molecular weight excluding hydrogens is 276 g/mol. The average molecular weight is 300 g/mol. The van der Waals surface area contributed by atoms with Gasteiger partial charge in [-0.05, 0) is 48.8 Å². The second kappa shape index (κ2) is 5.22. The lowest BCUT2D eigenvalue weighted by molar-refractivity contribution is 0.282. The third-order valence-corrected chi connectivity index (χ3v) is 5.68. The highest BCUT2D eigenvalue weighted by Gasteiger charge is 2.33. The van der Waals surface area contributed by atoms with E-state index >= 15 is 0 Å². The second-order valence-electron chi connectivity index (χ2n) is 7.17. The minimum Gasteiger partial charge on any atom is -0.323 e. The zero-order chi connectivity index (χ0) is 15.2. The highest BCUT2D eigenvalue weighted by molar-refractivity contribution is 7.11. The summed E-state index contributed by atoms with van der Waals surface area (Å²) in [6.45, 7) is 8.91. The summed E-state index contributed by atoms with van der Waals surface area (Å²) in [6, 6.07) is 6.86. The maximum absolute atomic E-state index is 6.34. The molecule has 2 nitrogen and oxygen atoms in total. The number of benzene rings is 1. The van der Waals surface area contributed by atoms with Gasteiger partial charge in [-0.15, -0.1) is 11.3 Å². The molecule has 2 N–H and O–H groups in total. The Morgan fingerprint density at radius 1 is 1.29 bits per heavy atom. The predicted molar refractivity (Wildman–Crippen MR) is 89.9 cm³/mol. The molecular formula is C18H24N2S.